The van der Waals surface area contributed by atoms with Gasteiger partial charge in [-0.2, -0.15) is 10.5 Å². The molecule has 36 heavy (non-hydrogen) atoms. The molecule has 0 spiro atoms. The number of hydrogen-bond acceptors (Lipinski definition) is 10. The Morgan fingerprint density at radius 2 is 1.08 bits per heavy atom. The summed E-state index contributed by atoms with van der Waals surface area (Å²) in [7, 11) is -3.82. The molecule has 186 valence electrons. The molecule has 1 aliphatic rings. The molecule has 0 radical (unpaired) electrons. The molecule has 0 N–H and O–H groups in total. The Kier molecular flexibility index (Phi) is 6.43. The van der Waals surface area contributed by atoms with Crippen LogP contribution in [-0.2, 0) is 20.0 Å². The lowest BCUT2D eigenvalue weighted by molar-refractivity contribution is -0.386. The molecule has 0 bridgehead atoms. The summed E-state index contributed by atoms with van der Waals surface area (Å²) in [6, 6.07) is 6.55. The summed E-state index contributed by atoms with van der Waals surface area (Å²) in [6.45, 7) is 0. The maximum absolute atomic E-state index is 12.8. The highest BCUT2D eigenvalue weighted by Gasteiger charge is 2.41. The number of allylic oxidation sites excluding steroid dienone is 1. The SMILES string of the molecule is CN(C)S(=O)(=O)c1cc2c(c([N+](=O)[O-])c1)-c1c(cc(S(=O)(=O)N(C)C)cc1[N+](=O)[O-])C2=C(C#N)C#N. The summed E-state index contributed by atoms with van der Waals surface area (Å²) < 4.78 is 52.7. The fraction of sp³-hybridized carbons (Fsp3) is 0.200. The summed E-state index contributed by atoms with van der Waals surface area (Å²) in [5.74, 6) is 0. The van der Waals surface area contributed by atoms with Crippen molar-refractivity contribution >= 4 is 37.0 Å². The predicted octanol–water partition coefficient (Wildman–Crippen LogP) is 1.83. The number of benzene rings is 2. The Balaban J connectivity index is 2.69. The van der Waals surface area contributed by atoms with Crippen molar-refractivity contribution < 1.29 is 26.7 Å². The monoisotopic (exact) mass is 532 g/mol. The van der Waals surface area contributed by atoms with Crippen LogP contribution >= 0.6 is 0 Å². The number of nitrogens with zero attached hydrogens (tertiary/aromatic N) is 6. The minimum Gasteiger partial charge on any atom is -0.258 e. The zero-order valence-electron chi connectivity index (χ0n) is 19.1. The van der Waals surface area contributed by atoms with E-state index in [-0.39, 0.29) is 16.7 Å². The van der Waals surface area contributed by atoms with Crippen molar-refractivity contribution in [2.24, 2.45) is 0 Å². The van der Waals surface area contributed by atoms with Crippen molar-refractivity contribution in [2.75, 3.05) is 28.2 Å². The highest BCUT2D eigenvalue weighted by atomic mass is 32.2. The second kappa shape index (κ2) is 8.77. The van der Waals surface area contributed by atoms with Gasteiger partial charge in [0.15, 0.2) is 0 Å². The Bertz CT molecular complexity index is 1570. The average Bonchev–Trinajstić information content (AvgIpc) is 3.12. The van der Waals surface area contributed by atoms with Gasteiger partial charge in [-0.3, -0.25) is 20.2 Å². The van der Waals surface area contributed by atoms with Crippen molar-refractivity contribution in [2.45, 2.75) is 9.79 Å². The van der Waals surface area contributed by atoms with E-state index in [1.807, 2.05) is 0 Å². The molecule has 14 nitrogen and oxygen atoms in total. The molecule has 0 atom stereocenters. The highest BCUT2D eigenvalue weighted by molar-refractivity contribution is 7.89. The fourth-order valence-electron chi connectivity index (χ4n) is 3.68. The number of hydrogen-bond donors (Lipinski definition) is 0. The quantitative estimate of drug-likeness (QED) is 0.255. The fourth-order valence-corrected chi connectivity index (χ4v) is 5.58. The summed E-state index contributed by atoms with van der Waals surface area (Å²) in [6.07, 6.45) is 0. The summed E-state index contributed by atoms with van der Waals surface area (Å²) in [5, 5.41) is 43.2. The van der Waals surface area contributed by atoms with Gasteiger partial charge in [-0.1, -0.05) is 0 Å². The first-order valence-corrected chi connectivity index (χ1v) is 12.5. The largest absolute Gasteiger partial charge is 0.279 e. The van der Waals surface area contributed by atoms with E-state index in [4.69, 9.17) is 0 Å². The number of fused-ring (bicyclic) bond motifs is 3. The van der Waals surface area contributed by atoms with E-state index in [0.717, 1.165) is 20.7 Å². The van der Waals surface area contributed by atoms with Crippen LogP contribution in [0.1, 0.15) is 11.1 Å². The summed E-state index contributed by atoms with van der Waals surface area (Å²) >= 11 is 0. The van der Waals surface area contributed by atoms with Gasteiger partial charge in [0.1, 0.15) is 17.7 Å². The minimum atomic E-state index is -4.27. The molecule has 0 aromatic heterocycles. The number of nitriles is 2. The number of rotatable bonds is 6. The van der Waals surface area contributed by atoms with E-state index in [0.29, 0.717) is 12.1 Å². The number of nitro benzene ring substituents is 2. The van der Waals surface area contributed by atoms with Crippen LogP contribution < -0.4 is 0 Å². The molecule has 0 saturated heterocycles. The van der Waals surface area contributed by atoms with Crippen LogP contribution in [0.15, 0.2) is 39.6 Å². The van der Waals surface area contributed by atoms with Crippen molar-refractivity contribution in [3.63, 3.8) is 0 Å². The molecule has 0 heterocycles. The lowest BCUT2D eigenvalue weighted by Crippen LogP contribution is -2.22. The Hall–Kier alpha value is -4.22. The van der Waals surface area contributed by atoms with E-state index in [1.54, 1.807) is 12.1 Å². The molecule has 0 aliphatic heterocycles. The van der Waals surface area contributed by atoms with E-state index in [2.05, 4.69) is 0 Å². The van der Waals surface area contributed by atoms with E-state index >= 15 is 0 Å². The van der Waals surface area contributed by atoms with Crippen molar-refractivity contribution in [3.05, 3.63) is 61.2 Å². The highest BCUT2D eigenvalue weighted by Crippen LogP contribution is 2.54. The molecule has 0 unspecified atom stereocenters. The van der Waals surface area contributed by atoms with Gasteiger partial charge in [0.2, 0.25) is 20.0 Å². The molecule has 1 aliphatic carbocycles. The molecule has 16 heteroatoms. The van der Waals surface area contributed by atoms with Gasteiger partial charge in [0.25, 0.3) is 11.4 Å². The van der Waals surface area contributed by atoms with Gasteiger partial charge < -0.3 is 0 Å². The van der Waals surface area contributed by atoms with E-state index < -0.39 is 67.8 Å². The first-order chi connectivity index (χ1) is 16.6. The lowest BCUT2D eigenvalue weighted by Gasteiger charge is -2.13. The molecule has 0 amide bonds. The van der Waals surface area contributed by atoms with Gasteiger partial charge in [-0.15, -0.1) is 0 Å². The minimum absolute atomic E-state index is 0.305. The lowest BCUT2D eigenvalue weighted by atomic mass is 9.99. The topological polar surface area (TPSA) is 209 Å². The van der Waals surface area contributed by atoms with E-state index in [9.17, 15) is 47.6 Å². The van der Waals surface area contributed by atoms with Gasteiger partial charge in [-0.25, -0.2) is 25.4 Å². The molecule has 0 saturated carbocycles. The second-order valence-corrected chi connectivity index (χ2v) is 12.1. The van der Waals surface area contributed by atoms with Crippen LogP contribution in [0.4, 0.5) is 11.4 Å². The normalized spacial score (nSPS) is 12.6. The van der Waals surface area contributed by atoms with Crippen LogP contribution in [0.25, 0.3) is 16.7 Å². The maximum atomic E-state index is 12.8. The third-order valence-corrected chi connectivity index (χ3v) is 8.98. The Morgan fingerprint density at radius 1 is 0.750 bits per heavy atom. The first-order valence-electron chi connectivity index (χ1n) is 9.66. The molecular formula is C20H16N6O8S2. The van der Waals surface area contributed by atoms with Crippen LogP contribution in [0.2, 0.25) is 0 Å². The van der Waals surface area contributed by atoms with Crippen LogP contribution in [-0.4, -0.2) is 63.5 Å². The van der Waals surface area contributed by atoms with Gasteiger partial charge >= 0.3 is 0 Å². The van der Waals surface area contributed by atoms with Crippen LogP contribution in [0.5, 0.6) is 0 Å². The van der Waals surface area contributed by atoms with E-state index in [1.165, 1.54) is 28.2 Å². The van der Waals surface area contributed by atoms with Crippen molar-refractivity contribution in [1.29, 1.82) is 10.5 Å². The van der Waals surface area contributed by atoms with Crippen molar-refractivity contribution in [1.82, 2.24) is 8.61 Å². The zero-order chi connectivity index (χ0) is 27.3. The van der Waals surface area contributed by atoms with Crippen molar-refractivity contribution in [3.8, 4) is 23.3 Å². The molecule has 2 aromatic rings. The van der Waals surface area contributed by atoms with Gasteiger partial charge in [0, 0.05) is 57.0 Å². The van der Waals surface area contributed by atoms with Crippen LogP contribution in [0.3, 0.4) is 0 Å². The standard InChI is InChI=1S/C20H16N6O8S2/c1-23(2)35(31,32)12-5-14-18(11(9-21)10-22)15-6-13(36(33,34)24(3)4)8-17(26(29)30)20(15)19(14)16(7-12)25(27)28/h5-8H,1-4H3. The number of sulfonamides is 2. The molecular weight excluding hydrogens is 516 g/mol. The van der Waals surface area contributed by atoms with Crippen LogP contribution in [0, 0.1) is 42.9 Å². The van der Waals surface area contributed by atoms with Gasteiger partial charge in [0.05, 0.1) is 30.8 Å². The average molecular weight is 533 g/mol. The molecule has 3 rings (SSSR count). The third-order valence-electron chi connectivity index (χ3n) is 5.39. The predicted molar refractivity (Wildman–Crippen MR) is 124 cm³/mol. The smallest absolute Gasteiger partial charge is 0.258 e. The Morgan fingerprint density at radius 3 is 1.33 bits per heavy atom. The molecule has 2 aromatic carbocycles. The number of nitro groups is 2. The molecule has 0 fully saturated rings. The maximum Gasteiger partial charge on any atom is 0.279 e. The zero-order valence-corrected chi connectivity index (χ0v) is 20.7. The van der Waals surface area contributed by atoms with Gasteiger partial charge in [-0.05, 0) is 12.1 Å². The first kappa shape index (κ1) is 26.4. The Labute approximate surface area is 205 Å². The summed E-state index contributed by atoms with van der Waals surface area (Å²) in [5.41, 5.74) is -4.13. The summed E-state index contributed by atoms with van der Waals surface area (Å²) in [4.78, 5) is 21.0. The second-order valence-electron chi connectivity index (χ2n) is 7.79. The third kappa shape index (κ3) is 3.88.